The number of aryl methyl sites for hydroxylation is 1. The largest absolute Gasteiger partial charge is 0.454 e. The van der Waals surface area contributed by atoms with Crippen LogP contribution in [0.3, 0.4) is 0 Å². The van der Waals surface area contributed by atoms with Gasteiger partial charge in [-0.2, -0.15) is 0 Å². The van der Waals surface area contributed by atoms with E-state index in [1.165, 1.54) is 6.07 Å². The van der Waals surface area contributed by atoms with Crippen LogP contribution in [-0.4, -0.2) is 57.1 Å². The van der Waals surface area contributed by atoms with E-state index in [9.17, 15) is 13.2 Å². The number of rotatable bonds is 6. The fourth-order valence-electron chi connectivity index (χ4n) is 4.33. The van der Waals surface area contributed by atoms with E-state index in [0.717, 1.165) is 36.7 Å². The lowest BCUT2D eigenvalue weighted by molar-refractivity contribution is 0.0628. The van der Waals surface area contributed by atoms with Crippen LogP contribution in [0.2, 0.25) is 0 Å². The van der Waals surface area contributed by atoms with E-state index in [1.54, 1.807) is 48.2 Å². The molecule has 0 aliphatic carbocycles. The number of carbonyl (C=O) groups excluding carboxylic acids is 1. The lowest BCUT2D eigenvalue weighted by atomic mass is 10.1. The number of fused-ring (bicyclic) bond motifs is 1. The first kappa shape index (κ1) is 23.2. The zero-order valence-corrected chi connectivity index (χ0v) is 20.3. The molecule has 0 saturated carbocycles. The quantitative estimate of drug-likeness (QED) is 0.566. The van der Waals surface area contributed by atoms with Gasteiger partial charge in [-0.1, -0.05) is 30.3 Å². The van der Waals surface area contributed by atoms with E-state index >= 15 is 0 Å². The number of para-hydroxylation sites is 1. The second kappa shape index (κ2) is 9.59. The number of ether oxygens (including phenoxy) is 2. The smallest absolute Gasteiger partial charge is 0.262 e. The molecular weight excluding hydrogens is 466 g/mol. The first-order valence-electron chi connectivity index (χ1n) is 11.5. The zero-order valence-electron chi connectivity index (χ0n) is 19.4. The van der Waals surface area contributed by atoms with Gasteiger partial charge in [-0.05, 0) is 54.4 Å². The molecular formula is C26H27N3O5S. The van der Waals surface area contributed by atoms with Crippen molar-refractivity contribution in [3.05, 3.63) is 83.4 Å². The second-order valence-electron chi connectivity index (χ2n) is 8.71. The highest BCUT2D eigenvalue weighted by Crippen LogP contribution is 2.33. The first-order chi connectivity index (χ1) is 16.9. The molecule has 0 unspecified atom stereocenters. The number of nitrogens with zero attached hydrogens (tertiary/aromatic N) is 2. The van der Waals surface area contributed by atoms with Gasteiger partial charge < -0.3 is 14.4 Å². The van der Waals surface area contributed by atoms with Crippen LogP contribution in [0.15, 0.2) is 71.6 Å². The van der Waals surface area contributed by atoms with Crippen molar-refractivity contribution in [1.29, 1.82) is 0 Å². The minimum Gasteiger partial charge on any atom is -0.454 e. The number of carbonyl (C=O) groups is 1. The van der Waals surface area contributed by atoms with Gasteiger partial charge in [0.25, 0.3) is 15.9 Å². The number of hydrogen-bond donors (Lipinski definition) is 1. The van der Waals surface area contributed by atoms with Crippen molar-refractivity contribution >= 4 is 21.6 Å². The zero-order chi connectivity index (χ0) is 24.4. The van der Waals surface area contributed by atoms with Crippen LogP contribution >= 0.6 is 0 Å². The van der Waals surface area contributed by atoms with Gasteiger partial charge in [0.1, 0.15) is 0 Å². The molecule has 2 heterocycles. The maximum atomic E-state index is 13.2. The third-order valence-electron chi connectivity index (χ3n) is 6.25. The van der Waals surface area contributed by atoms with E-state index in [2.05, 4.69) is 9.62 Å². The van der Waals surface area contributed by atoms with Gasteiger partial charge in [0.05, 0.1) is 4.90 Å². The monoisotopic (exact) mass is 493 g/mol. The summed E-state index contributed by atoms with van der Waals surface area (Å²) in [5.41, 5.74) is 2.56. The van der Waals surface area contributed by atoms with Gasteiger partial charge in [-0.25, -0.2) is 8.42 Å². The molecule has 2 aliphatic heterocycles. The first-order valence-corrected chi connectivity index (χ1v) is 13.0. The number of piperazine rings is 1. The van der Waals surface area contributed by atoms with Crippen LogP contribution in [0.1, 0.15) is 21.5 Å². The van der Waals surface area contributed by atoms with Crippen molar-refractivity contribution in [3.8, 4) is 11.5 Å². The lowest BCUT2D eigenvalue weighted by Crippen LogP contribution is -2.48. The van der Waals surface area contributed by atoms with Crippen molar-refractivity contribution in [3.63, 3.8) is 0 Å². The fourth-order valence-corrected chi connectivity index (χ4v) is 5.66. The molecule has 0 bridgehead atoms. The Morgan fingerprint density at radius 2 is 1.66 bits per heavy atom. The molecule has 0 spiro atoms. The fraction of sp³-hybridized carbons (Fsp3) is 0.269. The topological polar surface area (TPSA) is 88.2 Å². The maximum Gasteiger partial charge on any atom is 0.262 e. The summed E-state index contributed by atoms with van der Waals surface area (Å²) in [6, 6.07) is 19.5. The highest BCUT2D eigenvalue weighted by molar-refractivity contribution is 7.92. The summed E-state index contributed by atoms with van der Waals surface area (Å²) >= 11 is 0. The molecule has 1 N–H and O–H groups in total. The number of benzene rings is 3. The minimum atomic E-state index is -3.83. The summed E-state index contributed by atoms with van der Waals surface area (Å²) in [4.78, 5) is 17.4. The van der Waals surface area contributed by atoms with Crippen LogP contribution in [0.25, 0.3) is 0 Å². The molecule has 2 aliphatic rings. The molecule has 1 saturated heterocycles. The van der Waals surface area contributed by atoms with Crippen molar-refractivity contribution < 1.29 is 22.7 Å². The Bertz CT molecular complexity index is 1340. The second-order valence-corrected chi connectivity index (χ2v) is 10.4. The SMILES string of the molecule is Cc1ccc(C(=O)N2CCN(Cc3ccc4c(c3)OCO4)CC2)cc1S(=O)(=O)Nc1ccccc1. The number of amides is 1. The average Bonchev–Trinajstić information content (AvgIpc) is 3.33. The molecule has 1 fully saturated rings. The maximum absolute atomic E-state index is 13.2. The summed E-state index contributed by atoms with van der Waals surface area (Å²) in [6.07, 6.45) is 0. The Morgan fingerprint density at radius 3 is 2.43 bits per heavy atom. The number of nitrogens with one attached hydrogen (secondary N) is 1. The highest BCUT2D eigenvalue weighted by atomic mass is 32.2. The summed E-state index contributed by atoms with van der Waals surface area (Å²) in [6.45, 7) is 5.34. The molecule has 8 nitrogen and oxygen atoms in total. The molecule has 5 rings (SSSR count). The highest BCUT2D eigenvalue weighted by Gasteiger charge is 2.25. The van der Waals surface area contributed by atoms with Crippen LogP contribution in [0.4, 0.5) is 5.69 Å². The Kier molecular flexibility index (Phi) is 6.36. The molecule has 1 amide bonds. The average molecular weight is 494 g/mol. The van der Waals surface area contributed by atoms with Gasteiger partial charge in [0.15, 0.2) is 11.5 Å². The minimum absolute atomic E-state index is 0.105. The molecule has 35 heavy (non-hydrogen) atoms. The molecule has 182 valence electrons. The van der Waals surface area contributed by atoms with E-state index in [1.807, 2.05) is 24.3 Å². The van der Waals surface area contributed by atoms with Gasteiger partial charge in [-0.15, -0.1) is 0 Å². The molecule has 3 aromatic carbocycles. The Labute approximate surface area is 205 Å². The van der Waals surface area contributed by atoms with E-state index in [0.29, 0.717) is 29.9 Å². The normalized spacial score (nSPS) is 15.7. The number of sulfonamides is 1. The number of anilines is 1. The van der Waals surface area contributed by atoms with Gasteiger partial charge in [0.2, 0.25) is 6.79 Å². The van der Waals surface area contributed by atoms with Crippen molar-refractivity contribution in [2.24, 2.45) is 0 Å². The van der Waals surface area contributed by atoms with E-state index in [-0.39, 0.29) is 17.6 Å². The Balaban J connectivity index is 1.24. The molecule has 0 radical (unpaired) electrons. The van der Waals surface area contributed by atoms with E-state index in [4.69, 9.17) is 9.47 Å². The Hall–Kier alpha value is -3.56. The Morgan fingerprint density at radius 1 is 0.914 bits per heavy atom. The lowest BCUT2D eigenvalue weighted by Gasteiger charge is -2.35. The van der Waals surface area contributed by atoms with Crippen molar-refractivity contribution in [2.75, 3.05) is 37.7 Å². The third-order valence-corrected chi connectivity index (χ3v) is 7.78. The molecule has 0 atom stereocenters. The predicted molar refractivity (Wildman–Crippen MR) is 132 cm³/mol. The predicted octanol–water partition coefficient (Wildman–Crippen LogP) is 3.48. The van der Waals surface area contributed by atoms with E-state index < -0.39 is 10.0 Å². The molecule has 3 aromatic rings. The molecule has 9 heteroatoms. The van der Waals surface area contributed by atoms with Gasteiger partial charge in [-0.3, -0.25) is 14.4 Å². The van der Waals surface area contributed by atoms with Crippen LogP contribution in [0.5, 0.6) is 11.5 Å². The summed E-state index contributed by atoms with van der Waals surface area (Å²) < 4.78 is 39.4. The summed E-state index contributed by atoms with van der Waals surface area (Å²) in [5, 5.41) is 0. The summed E-state index contributed by atoms with van der Waals surface area (Å²) in [5.74, 6) is 1.37. The number of hydrogen-bond acceptors (Lipinski definition) is 6. The summed E-state index contributed by atoms with van der Waals surface area (Å²) in [7, 11) is -3.83. The van der Waals surface area contributed by atoms with Gasteiger partial charge in [0, 0.05) is 44.0 Å². The molecule has 0 aromatic heterocycles. The van der Waals surface area contributed by atoms with Crippen LogP contribution in [0, 0.1) is 6.92 Å². The van der Waals surface area contributed by atoms with Crippen LogP contribution < -0.4 is 14.2 Å². The standard InChI is InChI=1S/C26H27N3O5S/c1-19-7-9-21(16-25(19)35(31,32)27-22-5-3-2-4-6-22)26(30)29-13-11-28(12-14-29)17-20-8-10-23-24(15-20)34-18-33-23/h2-10,15-16,27H,11-14,17-18H2,1H3. The third kappa shape index (κ3) is 5.11. The van der Waals surface area contributed by atoms with Crippen LogP contribution in [-0.2, 0) is 16.6 Å². The van der Waals surface area contributed by atoms with Crippen molar-refractivity contribution in [2.45, 2.75) is 18.4 Å². The van der Waals surface area contributed by atoms with Crippen molar-refractivity contribution in [1.82, 2.24) is 9.80 Å². The van der Waals surface area contributed by atoms with Gasteiger partial charge >= 0.3 is 0 Å².